The zero-order valence-corrected chi connectivity index (χ0v) is 25.1. The molecule has 0 atom stereocenters. The lowest BCUT2D eigenvalue weighted by Crippen LogP contribution is -2.01. The van der Waals surface area contributed by atoms with Crippen molar-refractivity contribution in [3.05, 3.63) is 170 Å². The number of benzene rings is 6. The molecule has 6 aromatic rings. The summed E-state index contributed by atoms with van der Waals surface area (Å²) in [4.78, 5) is 1.07. The summed E-state index contributed by atoms with van der Waals surface area (Å²) in [6, 6.07) is 48.3. The maximum absolute atomic E-state index is 12.9. The van der Waals surface area contributed by atoms with Crippen molar-refractivity contribution >= 4 is 19.7 Å². The van der Waals surface area contributed by atoms with Crippen LogP contribution in [0.15, 0.2) is 189 Å². The molecule has 0 spiro atoms. The highest BCUT2D eigenvalue weighted by Crippen LogP contribution is 2.28. The Balaban J connectivity index is 0.000000215. The predicted octanol–water partition coefficient (Wildman–Crippen LogP) is 8.62. The summed E-state index contributed by atoms with van der Waals surface area (Å²) < 4.78 is 61.3. The minimum absolute atomic E-state index is 0.203. The first-order valence-corrected chi connectivity index (χ1v) is 16.6. The fourth-order valence-corrected chi connectivity index (χ4v) is 6.66. The molecular weight excluding hydrogens is 593 g/mol. The van der Waals surface area contributed by atoms with E-state index >= 15 is 0 Å². The molecule has 0 heterocycles. The summed E-state index contributed by atoms with van der Waals surface area (Å²) in [5.41, 5.74) is 0. The highest BCUT2D eigenvalue weighted by Gasteiger charge is 2.18. The average molecular weight is 621 g/mol. The molecule has 0 aliphatic carbocycles. The minimum Gasteiger partial charge on any atom is -0.457 e. The van der Waals surface area contributed by atoms with Crippen LogP contribution in [0.4, 0.5) is 0 Å². The summed E-state index contributed by atoms with van der Waals surface area (Å²) in [7, 11) is -6.97. The Bertz CT molecular complexity index is 1840. The van der Waals surface area contributed by atoms with Crippen LogP contribution in [0.2, 0.25) is 0 Å². The largest absolute Gasteiger partial charge is 0.457 e. The molecule has 0 saturated carbocycles. The summed E-state index contributed by atoms with van der Waals surface area (Å²) >= 11 is 0. The van der Waals surface area contributed by atoms with Gasteiger partial charge in [0.25, 0.3) is 0 Å². The molecule has 0 radical (unpaired) electrons. The normalized spacial score (nSPS) is 11.1. The van der Waals surface area contributed by atoms with Gasteiger partial charge in [-0.05, 0) is 97.1 Å². The highest BCUT2D eigenvalue weighted by molar-refractivity contribution is 7.91. The van der Waals surface area contributed by atoms with Gasteiger partial charge in [0.1, 0.15) is 23.0 Å². The highest BCUT2D eigenvalue weighted by atomic mass is 32.2. The fourth-order valence-electron chi connectivity index (χ4n) is 4.09. The van der Waals surface area contributed by atoms with E-state index in [1.807, 2.05) is 60.7 Å². The van der Waals surface area contributed by atoms with E-state index in [0.717, 1.165) is 0 Å². The summed E-state index contributed by atoms with van der Waals surface area (Å²) in [5.74, 6) is 2.53. The first-order chi connectivity index (χ1) is 21.3. The van der Waals surface area contributed by atoms with Gasteiger partial charge in [0.05, 0.1) is 19.6 Å². The van der Waals surface area contributed by atoms with Crippen molar-refractivity contribution < 1.29 is 26.3 Å². The minimum atomic E-state index is -3.63. The smallest absolute Gasteiger partial charge is 0.206 e. The van der Waals surface area contributed by atoms with Crippen LogP contribution in [0.1, 0.15) is 0 Å². The Hall–Kier alpha value is -5.18. The van der Waals surface area contributed by atoms with Crippen molar-refractivity contribution in [1.29, 1.82) is 0 Å². The maximum Gasteiger partial charge on any atom is 0.206 e. The lowest BCUT2D eigenvalue weighted by atomic mass is 10.3. The van der Waals surface area contributed by atoms with Gasteiger partial charge in [-0.2, -0.15) is 0 Å². The fraction of sp³-hybridized carbons (Fsp3) is 0. The second kappa shape index (κ2) is 13.9. The van der Waals surface area contributed by atoms with E-state index in [2.05, 4.69) is 0 Å². The zero-order valence-electron chi connectivity index (χ0n) is 23.4. The van der Waals surface area contributed by atoms with E-state index < -0.39 is 19.7 Å². The van der Waals surface area contributed by atoms with Gasteiger partial charge >= 0.3 is 0 Å². The molecule has 0 aromatic heterocycles. The number of hydrogen-bond acceptors (Lipinski definition) is 6. The van der Waals surface area contributed by atoms with E-state index in [1.165, 1.54) is 0 Å². The van der Waals surface area contributed by atoms with E-state index in [-0.39, 0.29) is 9.79 Å². The SMILES string of the molecule is O=S(=O)(c1ccc(Oc2ccccc2)cc1)c1ccc(Oc2ccccc2)cc1.O=S(=O)(c1ccccc1)c1ccccc1. The third-order valence-electron chi connectivity index (χ3n) is 6.33. The van der Waals surface area contributed by atoms with E-state index in [0.29, 0.717) is 32.8 Å². The Morgan fingerprint density at radius 2 is 0.500 bits per heavy atom. The van der Waals surface area contributed by atoms with E-state index in [4.69, 9.17) is 9.47 Å². The number of sulfone groups is 2. The molecule has 6 rings (SSSR count). The van der Waals surface area contributed by atoms with Crippen molar-refractivity contribution in [2.45, 2.75) is 19.6 Å². The van der Waals surface area contributed by atoms with Gasteiger partial charge in [-0.1, -0.05) is 72.8 Å². The first-order valence-electron chi connectivity index (χ1n) is 13.6. The van der Waals surface area contributed by atoms with Crippen molar-refractivity contribution in [1.82, 2.24) is 0 Å². The Morgan fingerprint density at radius 1 is 0.273 bits per heavy atom. The zero-order chi connectivity index (χ0) is 30.8. The van der Waals surface area contributed by atoms with E-state index in [9.17, 15) is 16.8 Å². The molecule has 0 saturated heterocycles. The molecule has 8 heteroatoms. The number of ether oxygens (including phenoxy) is 2. The predicted molar refractivity (Wildman–Crippen MR) is 170 cm³/mol. The van der Waals surface area contributed by atoms with Gasteiger partial charge in [0.15, 0.2) is 0 Å². The van der Waals surface area contributed by atoms with Crippen LogP contribution in [0.25, 0.3) is 0 Å². The van der Waals surface area contributed by atoms with E-state index in [1.54, 1.807) is 109 Å². The maximum atomic E-state index is 12.9. The molecule has 0 amide bonds. The molecule has 6 aromatic carbocycles. The van der Waals surface area contributed by atoms with Gasteiger partial charge in [0, 0.05) is 0 Å². The summed E-state index contributed by atoms with van der Waals surface area (Å²) in [5, 5.41) is 0. The standard InChI is InChI=1S/C24H18O4S.C12H10O2S/c25-29(26,23-15-11-21(12-16-23)27-19-7-3-1-4-8-19)24-17-13-22(14-18-24)28-20-9-5-2-6-10-20;13-15(14,11-7-3-1-4-8-11)12-9-5-2-6-10-12/h1-18H;1-10H. The second-order valence-corrected chi connectivity index (χ2v) is 13.3. The Labute approximate surface area is 257 Å². The lowest BCUT2D eigenvalue weighted by Gasteiger charge is -2.09. The monoisotopic (exact) mass is 620 g/mol. The van der Waals surface area contributed by atoms with Gasteiger partial charge < -0.3 is 9.47 Å². The molecular formula is C36H28O6S2. The van der Waals surface area contributed by atoms with Crippen LogP contribution in [0.3, 0.4) is 0 Å². The molecule has 0 aliphatic rings. The molecule has 44 heavy (non-hydrogen) atoms. The van der Waals surface area contributed by atoms with Crippen molar-refractivity contribution in [2.24, 2.45) is 0 Å². The lowest BCUT2D eigenvalue weighted by molar-refractivity contribution is 0.482. The van der Waals surface area contributed by atoms with Crippen molar-refractivity contribution in [2.75, 3.05) is 0 Å². The molecule has 0 bridgehead atoms. The average Bonchev–Trinajstić information content (AvgIpc) is 3.07. The second-order valence-electron chi connectivity index (χ2n) is 9.41. The van der Waals surface area contributed by atoms with Crippen molar-refractivity contribution in [3.8, 4) is 23.0 Å². The topological polar surface area (TPSA) is 86.7 Å². The Morgan fingerprint density at radius 3 is 0.795 bits per heavy atom. The third kappa shape index (κ3) is 7.60. The van der Waals surface area contributed by atoms with Gasteiger partial charge in [-0.3, -0.25) is 0 Å². The van der Waals surface area contributed by atoms with Crippen molar-refractivity contribution in [3.63, 3.8) is 0 Å². The quantitative estimate of drug-likeness (QED) is 0.169. The Kier molecular flexibility index (Phi) is 9.54. The number of hydrogen-bond donors (Lipinski definition) is 0. The van der Waals surface area contributed by atoms with Gasteiger partial charge in [0.2, 0.25) is 19.7 Å². The molecule has 0 N–H and O–H groups in total. The molecule has 6 nitrogen and oxygen atoms in total. The van der Waals surface area contributed by atoms with Crippen LogP contribution < -0.4 is 9.47 Å². The van der Waals surface area contributed by atoms with Crippen LogP contribution in [-0.2, 0) is 19.7 Å². The summed E-state index contributed by atoms with van der Waals surface area (Å²) in [6.45, 7) is 0. The molecule has 0 fully saturated rings. The van der Waals surface area contributed by atoms with Crippen LogP contribution in [-0.4, -0.2) is 16.8 Å². The van der Waals surface area contributed by atoms with Gasteiger partial charge in [-0.15, -0.1) is 0 Å². The summed E-state index contributed by atoms with van der Waals surface area (Å²) in [6.07, 6.45) is 0. The number of rotatable bonds is 8. The first kappa shape index (κ1) is 30.3. The van der Waals surface area contributed by atoms with Gasteiger partial charge in [-0.25, -0.2) is 16.8 Å². The molecule has 0 unspecified atom stereocenters. The third-order valence-corrected chi connectivity index (χ3v) is 9.90. The number of para-hydroxylation sites is 2. The van der Waals surface area contributed by atoms with Crippen LogP contribution in [0.5, 0.6) is 23.0 Å². The van der Waals surface area contributed by atoms with Crippen LogP contribution in [0, 0.1) is 0 Å². The molecule has 0 aliphatic heterocycles. The molecule has 220 valence electrons. The van der Waals surface area contributed by atoms with Crippen LogP contribution >= 0.6 is 0 Å².